The minimum absolute atomic E-state index is 0.307. The van der Waals surface area contributed by atoms with E-state index in [0.29, 0.717) is 29.8 Å². The molecule has 35 heavy (non-hydrogen) atoms. The van der Waals surface area contributed by atoms with Crippen LogP contribution >= 0.6 is 0 Å². The monoisotopic (exact) mass is 487 g/mol. The number of nitrogens with one attached hydrogen (secondary N) is 1. The third-order valence-corrected chi connectivity index (χ3v) is 5.81. The molecule has 1 atom stereocenters. The summed E-state index contributed by atoms with van der Waals surface area (Å²) in [5.74, 6) is -0.277. The lowest BCUT2D eigenvalue weighted by Crippen LogP contribution is -2.24. The minimum atomic E-state index is -0.775. The summed E-state index contributed by atoms with van der Waals surface area (Å²) in [7, 11) is 4.92. The number of ether oxygens (including phenoxy) is 2. The number of nitrogens with two attached hydrogens (primary N) is 1. The molecule has 2 aromatic carbocycles. The van der Waals surface area contributed by atoms with Crippen molar-refractivity contribution in [1.82, 2.24) is 14.7 Å². The lowest BCUT2D eigenvalue weighted by Gasteiger charge is -2.15. The summed E-state index contributed by atoms with van der Waals surface area (Å²) < 4.78 is 37.7. The van der Waals surface area contributed by atoms with Crippen molar-refractivity contribution < 1.29 is 23.0 Å². The van der Waals surface area contributed by atoms with Gasteiger partial charge in [0.1, 0.15) is 5.82 Å². The van der Waals surface area contributed by atoms with Gasteiger partial charge in [-0.15, -0.1) is 5.10 Å². The van der Waals surface area contributed by atoms with Crippen LogP contribution in [0.2, 0.25) is 0 Å². The van der Waals surface area contributed by atoms with Crippen molar-refractivity contribution in [2.45, 2.75) is 12.3 Å². The normalized spacial score (nSPS) is 15.4. The number of hydrogen-bond acceptors (Lipinski definition) is 5. The number of benzene rings is 2. The number of anilines is 1. The van der Waals surface area contributed by atoms with E-state index in [1.807, 2.05) is 30.3 Å². The Morgan fingerprint density at radius 2 is 1.91 bits per heavy atom. The maximum absolute atomic E-state index is 13.1. The molecule has 188 valence electrons. The molecule has 1 aliphatic heterocycles. The molecule has 2 amide bonds. The number of likely N-dealkylation sites (tertiary alicyclic amines) is 1. The summed E-state index contributed by atoms with van der Waals surface area (Å²) in [5, 5.41) is 6.74. The van der Waals surface area contributed by atoms with Gasteiger partial charge in [-0.3, -0.25) is 5.32 Å². The second-order valence-corrected chi connectivity index (χ2v) is 8.16. The van der Waals surface area contributed by atoms with Gasteiger partial charge in [-0.2, -0.15) is 0 Å². The van der Waals surface area contributed by atoms with Crippen LogP contribution in [0.3, 0.4) is 0 Å². The average Bonchev–Trinajstić information content (AvgIpc) is 3.44. The van der Waals surface area contributed by atoms with E-state index in [9.17, 15) is 13.6 Å². The summed E-state index contributed by atoms with van der Waals surface area (Å²) in [6, 6.07) is 13.1. The van der Waals surface area contributed by atoms with Gasteiger partial charge in [-0.1, -0.05) is 36.4 Å². The number of nitrogens with zero attached hydrogens (tertiary/aromatic N) is 3. The second kappa shape index (κ2) is 12.3. The highest BCUT2D eigenvalue weighted by atomic mass is 19.2. The Morgan fingerprint density at radius 1 is 1.17 bits per heavy atom. The van der Waals surface area contributed by atoms with E-state index in [1.54, 1.807) is 20.2 Å². The van der Waals surface area contributed by atoms with Crippen LogP contribution < -0.4 is 15.8 Å². The number of carbonyl (C=O) groups excluding carboxylic acids is 1. The van der Waals surface area contributed by atoms with E-state index in [1.165, 1.54) is 23.9 Å². The Balaban J connectivity index is 0.000000196. The summed E-state index contributed by atoms with van der Waals surface area (Å²) in [6.07, 6.45) is 0.995. The standard InChI is InChI=1S/C13H17F2NO.C12H14N4O2/c1-17-7-6-16-5-4-11(9-16)10-2-3-12(14)13(15)8-10;1-16-10(14-12(13)17)9(11(15-16)18-2)8-6-4-3-5-7-8/h2-3,8,11H,4-7,9H2,1H3;3-7H,1-2H3,(H3,13,14,17). The van der Waals surface area contributed by atoms with E-state index < -0.39 is 17.7 Å². The highest BCUT2D eigenvalue weighted by molar-refractivity contribution is 5.93. The summed E-state index contributed by atoms with van der Waals surface area (Å²) >= 11 is 0. The number of urea groups is 1. The van der Waals surface area contributed by atoms with Gasteiger partial charge in [0.25, 0.3) is 0 Å². The van der Waals surface area contributed by atoms with E-state index in [0.717, 1.165) is 37.2 Å². The van der Waals surface area contributed by atoms with E-state index in [-0.39, 0.29) is 0 Å². The summed E-state index contributed by atoms with van der Waals surface area (Å²) in [6.45, 7) is 3.50. The Labute approximate surface area is 203 Å². The molecule has 8 nitrogen and oxygen atoms in total. The summed E-state index contributed by atoms with van der Waals surface area (Å²) in [4.78, 5) is 13.3. The van der Waals surface area contributed by atoms with Crippen LogP contribution in [-0.4, -0.2) is 61.2 Å². The van der Waals surface area contributed by atoms with Gasteiger partial charge >= 0.3 is 6.03 Å². The number of methoxy groups -OCH3 is 2. The van der Waals surface area contributed by atoms with Crippen LogP contribution in [0.4, 0.5) is 19.4 Å². The zero-order valence-corrected chi connectivity index (χ0v) is 20.1. The SMILES string of the molecule is COCCN1CCC(c2ccc(F)c(F)c2)C1.COc1nn(C)c(NC(N)=O)c1-c1ccccc1. The molecular formula is C25H31F2N5O3. The Hall–Kier alpha value is -3.50. The molecule has 1 saturated heterocycles. The smallest absolute Gasteiger partial charge is 0.317 e. The molecule has 3 aromatic rings. The fourth-order valence-electron chi connectivity index (χ4n) is 4.06. The van der Waals surface area contributed by atoms with Crippen LogP contribution in [0.25, 0.3) is 11.1 Å². The predicted octanol–water partition coefficient (Wildman–Crippen LogP) is 3.99. The largest absolute Gasteiger partial charge is 0.479 e. The van der Waals surface area contributed by atoms with Gasteiger partial charge in [-0.25, -0.2) is 18.3 Å². The number of aromatic nitrogens is 2. The lowest BCUT2D eigenvalue weighted by molar-refractivity contribution is 0.160. The van der Waals surface area contributed by atoms with Crippen LogP contribution in [0.5, 0.6) is 5.88 Å². The fraction of sp³-hybridized carbons (Fsp3) is 0.360. The molecule has 1 aliphatic rings. The molecule has 0 spiro atoms. The highest BCUT2D eigenvalue weighted by Gasteiger charge is 2.24. The van der Waals surface area contributed by atoms with Crippen molar-refractivity contribution in [2.24, 2.45) is 12.8 Å². The lowest BCUT2D eigenvalue weighted by atomic mass is 9.98. The number of amides is 2. The van der Waals surface area contributed by atoms with E-state index in [4.69, 9.17) is 15.2 Å². The molecular weight excluding hydrogens is 456 g/mol. The third kappa shape index (κ3) is 6.77. The van der Waals surface area contributed by atoms with Crippen molar-refractivity contribution in [3.05, 3.63) is 65.7 Å². The molecule has 2 heterocycles. The molecule has 10 heteroatoms. The maximum Gasteiger partial charge on any atom is 0.317 e. The molecule has 1 aromatic heterocycles. The van der Waals surface area contributed by atoms with Crippen LogP contribution in [0.15, 0.2) is 48.5 Å². The van der Waals surface area contributed by atoms with Crippen LogP contribution in [-0.2, 0) is 11.8 Å². The maximum atomic E-state index is 13.1. The first kappa shape index (κ1) is 26.1. The van der Waals surface area contributed by atoms with Gasteiger partial charge in [0.05, 0.1) is 19.3 Å². The van der Waals surface area contributed by atoms with Gasteiger partial charge in [0.15, 0.2) is 11.6 Å². The Bertz CT molecular complexity index is 1120. The van der Waals surface area contributed by atoms with Gasteiger partial charge in [-0.05, 0) is 42.1 Å². The van der Waals surface area contributed by atoms with Crippen LogP contribution in [0, 0.1) is 11.6 Å². The van der Waals surface area contributed by atoms with Crippen molar-refractivity contribution in [1.29, 1.82) is 0 Å². The number of rotatable bonds is 7. The van der Waals surface area contributed by atoms with Crippen molar-refractivity contribution in [3.8, 4) is 17.0 Å². The third-order valence-electron chi connectivity index (χ3n) is 5.81. The average molecular weight is 488 g/mol. The molecule has 0 radical (unpaired) electrons. The Morgan fingerprint density at radius 3 is 2.54 bits per heavy atom. The number of halogens is 2. The van der Waals surface area contributed by atoms with Crippen molar-refractivity contribution >= 4 is 11.8 Å². The molecule has 0 bridgehead atoms. The summed E-state index contributed by atoms with van der Waals surface area (Å²) in [5.41, 5.74) is 7.65. The van der Waals surface area contributed by atoms with Gasteiger partial charge < -0.3 is 20.1 Å². The number of carbonyl (C=O) groups is 1. The first-order chi connectivity index (χ1) is 16.8. The van der Waals surface area contributed by atoms with Crippen molar-refractivity contribution in [3.63, 3.8) is 0 Å². The zero-order chi connectivity index (χ0) is 25.4. The predicted molar refractivity (Wildman–Crippen MR) is 130 cm³/mol. The molecule has 4 rings (SSSR count). The highest BCUT2D eigenvalue weighted by Crippen LogP contribution is 2.35. The molecule has 1 unspecified atom stereocenters. The first-order valence-corrected chi connectivity index (χ1v) is 11.2. The van der Waals surface area contributed by atoms with E-state index in [2.05, 4.69) is 15.3 Å². The van der Waals surface area contributed by atoms with Crippen molar-refractivity contribution in [2.75, 3.05) is 45.8 Å². The van der Waals surface area contributed by atoms with Crippen LogP contribution in [0.1, 0.15) is 17.9 Å². The second-order valence-electron chi connectivity index (χ2n) is 8.16. The quantitative estimate of drug-likeness (QED) is 0.526. The fourth-order valence-corrected chi connectivity index (χ4v) is 4.06. The minimum Gasteiger partial charge on any atom is -0.479 e. The zero-order valence-electron chi connectivity index (χ0n) is 20.1. The number of primary amides is 1. The number of aryl methyl sites for hydroxylation is 1. The number of hydrogen-bond donors (Lipinski definition) is 2. The van der Waals surface area contributed by atoms with E-state index >= 15 is 0 Å². The first-order valence-electron chi connectivity index (χ1n) is 11.2. The molecule has 0 aliphatic carbocycles. The Kier molecular flexibility index (Phi) is 9.16. The van der Waals surface area contributed by atoms with Gasteiger partial charge in [0.2, 0.25) is 5.88 Å². The van der Waals surface area contributed by atoms with Gasteiger partial charge in [0, 0.05) is 27.2 Å². The molecule has 1 fully saturated rings. The molecule has 0 saturated carbocycles. The topological polar surface area (TPSA) is 94.6 Å². The molecule has 3 N–H and O–H groups in total.